The van der Waals surface area contributed by atoms with E-state index in [4.69, 9.17) is 0 Å². The Kier molecular flexibility index (Phi) is 4.24. The molecular weight excluding hydrogens is 260 g/mol. The first kappa shape index (κ1) is 14.5. The number of nitrogens with one attached hydrogen (secondary N) is 1. The zero-order valence-corrected chi connectivity index (χ0v) is 13.3. The van der Waals surface area contributed by atoms with Crippen molar-refractivity contribution in [3.05, 3.63) is 30.4 Å². The summed E-state index contributed by atoms with van der Waals surface area (Å²) >= 11 is 0. The van der Waals surface area contributed by atoms with Crippen molar-refractivity contribution in [2.75, 3.05) is 6.54 Å². The molecule has 1 saturated carbocycles. The number of hydrogen-bond acceptors (Lipinski definition) is 3. The van der Waals surface area contributed by atoms with Crippen molar-refractivity contribution in [2.45, 2.75) is 46.1 Å². The van der Waals surface area contributed by atoms with Crippen LogP contribution in [0.5, 0.6) is 0 Å². The lowest BCUT2D eigenvalue weighted by Crippen LogP contribution is -2.33. The molecule has 2 aromatic rings. The smallest absolute Gasteiger partial charge is 0.0892 e. The summed E-state index contributed by atoms with van der Waals surface area (Å²) in [7, 11) is 0. The van der Waals surface area contributed by atoms with Crippen molar-refractivity contribution in [3.8, 4) is 0 Å². The van der Waals surface area contributed by atoms with Crippen molar-refractivity contribution in [2.24, 2.45) is 17.8 Å². The fraction of sp³-hybridized carbons (Fsp3) is 0.647. The topological polar surface area (TPSA) is 42.2 Å². The Labute approximate surface area is 127 Å². The lowest BCUT2D eigenvalue weighted by Gasteiger charge is -2.36. The quantitative estimate of drug-likeness (QED) is 0.936. The van der Waals surface area contributed by atoms with Crippen molar-refractivity contribution >= 4 is 5.52 Å². The zero-order valence-electron chi connectivity index (χ0n) is 13.3. The van der Waals surface area contributed by atoms with Crippen LogP contribution in [0.3, 0.4) is 0 Å². The van der Waals surface area contributed by atoms with Gasteiger partial charge in [-0.05, 0) is 43.6 Å². The second kappa shape index (κ2) is 6.14. The van der Waals surface area contributed by atoms with E-state index in [1.165, 1.54) is 24.8 Å². The number of rotatable bonds is 4. The highest BCUT2D eigenvalue weighted by Crippen LogP contribution is 2.40. The molecule has 0 spiro atoms. The molecule has 4 nitrogen and oxygen atoms in total. The van der Waals surface area contributed by atoms with Crippen LogP contribution in [0, 0.1) is 17.8 Å². The molecule has 3 atom stereocenters. The number of aromatic nitrogens is 3. The maximum Gasteiger partial charge on any atom is 0.0892 e. The van der Waals surface area contributed by atoms with Crippen LogP contribution in [-0.4, -0.2) is 21.1 Å². The van der Waals surface area contributed by atoms with Crippen molar-refractivity contribution in [3.63, 3.8) is 0 Å². The van der Waals surface area contributed by atoms with E-state index in [-0.39, 0.29) is 0 Å². The zero-order chi connectivity index (χ0) is 14.8. The molecule has 2 aromatic heterocycles. The molecule has 0 bridgehead atoms. The standard InChI is InChI=1S/C17H26N4/c1-4-19-17(14-8-12(2)7-13(3)9-14)15-10-20-21-6-5-18-11-16(15)21/h5-6,10-14,17,19H,4,7-9H2,1-3H3. The first-order valence-electron chi connectivity index (χ1n) is 8.19. The Morgan fingerprint density at radius 3 is 2.71 bits per heavy atom. The second-order valence-corrected chi connectivity index (χ2v) is 6.72. The third-order valence-corrected chi connectivity index (χ3v) is 4.80. The highest BCUT2D eigenvalue weighted by molar-refractivity contribution is 5.53. The SMILES string of the molecule is CCNC(c1cnn2ccncc12)C1CC(C)CC(C)C1. The Balaban J connectivity index is 1.93. The van der Waals surface area contributed by atoms with E-state index in [0.717, 1.165) is 23.9 Å². The molecule has 0 aromatic carbocycles. The van der Waals surface area contributed by atoms with Crippen molar-refractivity contribution in [1.29, 1.82) is 0 Å². The fourth-order valence-electron chi connectivity index (χ4n) is 4.12. The van der Waals surface area contributed by atoms with Gasteiger partial charge in [-0.15, -0.1) is 0 Å². The van der Waals surface area contributed by atoms with Gasteiger partial charge in [0.25, 0.3) is 0 Å². The summed E-state index contributed by atoms with van der Waals surface area (Å²) in [5.74, 6) is 2.33. The van der Waals surface area contributed by atoms with Crippen molar-refractivity contribution < 1.29 is 0 Å². The molecule has 3 unspecified atom stereocenters. The molecule has 21 heavy (non-hydrogen) atoms. The van der Waals surface area contributed by atoms with Gasteiger partial charge in [-0.25, -0.2) is 4.52 Å². The summed E-state index contributed by atoms with van der Waals surface area (Å²) in [6.07, 6.45) is 11.6. The molecule has 1 N–H and O–H groups in total. The van der Waals surface area contributed by atoms with Crippen LogP contribution in [0.4, 0.5) is 0 Å². The largest absolute Gasteiger partial charge is 0.310 e. The number of fused-ring (bicyclic) bond motifs is 1. The van der Waals surface area contributed by atoms with E-state index in [0.29, 0.717) is 12.0 Å². The summed E-state index contributed by atoms with van der Waals surface area (Å²) in [6.45, 7) is 7.96. The first-order chi connectivity index (χ1) is 10.2. The molecule has 114 valence electrons. The maximum absolute atomic E-state index is 4.49. The molecule has 0 saturated heterocycles. The molecular formula is C17H26N4. The summed E-state index contributed by atoms with van der Waals surface area (Å²) in [6, 6.07) is 0.391. The molecule has 0 amide bonds. The normalized spacial score (nSPS) is 27.9. The van der Waals surface area contributed by atoms with Crippen LogP contribution < -0.4 is 5.32 Å². The van der Waals surface area contributed by atoms with Gasteiger partial charge >= 0.3 is 0 Å². The summed E-state index contributed by atoms with van der Waals surface area (Å²) in [5, 5.41) is 8.20. The Bertz CT molecular complexity index is 581. The van der Waals surface area contributed by atoms with Gasteiger partial charge in [0.2, 0.25) is 0 Å². The summed E-state index contributed by atoms with van der Waals surface area (Å²) < 4.78 is 1.93. The van der Waals surface area contributed by atoms with Gasteiger partial charge in [0, 0.05) is 24.0 Å². The Hall–Kier alpha value is -1.42. The van der Waals surface area contributed by atoms with Crippen LogP contribution in [-0.2, 0) is 0 Å². The molecule has 4 heteroatoms. The van der Waals surface area contributed by atoms with Crippen LogP contribution >= 0.6 is 0 Å². The second-order valence-electron chi connectivity index (χ2n) is 6.72. The Morgan fingerprint density at radius 1 is 1.24 bits per heavy atom. The predicted octanol–water partition coefficient (Wildman–Crippen LogP) is 3.45. The van der Waals surface area contributed by atoms with Crippen LogP contribution in [0.1, 0.15) is 51.6 Å². The van der Waals surface area contributed by atoms with Gasteiger partial charge in [0.05, 0.1) is 17.9 Å². The molecule has 1 fully saturated rings. The van der Waals surface area contributed by atoms with E-state index >= 15 is 0 Å². The van der Waals surface area contributed by atoms with Gasteiger partial charge in [-0.1, -0.05) is 20.8 Å². The van der Waals surface area contributed by atoms with Crippen molar-refractivity contribution in [1.82, 2.24) is 19.9 Å². The minimum Gasteiger partial charge on any atom is -0.310 e. The van der Waals surface area contributed by atoms with Gasteiger partial charge in [0.1, 0.15) is 0 Å². The van der Waals surface area contributed by atoms with E-state index in [1.807, 2.05) is 23.1 Å². The van der Waals surface area contributed by atoms with E-state index in [9.17, 15) is 0 Å². The molecule has 2 heterocycles. The van der Waals surface area contributed by atoms with Crippen LogP contribution in [0.2, 0.25) is 0 Å². The minimum absolute atomic E-state index is 0.391. The van der Waals surface area contributed by atoms with Crippen LogP contribution in [0.15, 0.2) is 24.8 Å². The average molecular weight is 286 g/mol. The van der Waals surface area contributed by atoms with E-state index in [1.54, 1.807) is 6.20 Å². The highest BCUT2D eigenvalue weighted by atomic mass is 15.2. The van der Waals surface area contributed by atoms with Gasteiger partial charge < -0.3 is 5.32 Å². The van der Waals surface area contributed by atoms with Gasteiger partial charge in [-0.3, -0.25) is 4.98 Å². The number of hydrogen-bond donors (Lipinski definition) is 1. The maximum atomic E-state index is 4.49. The summed E-state index contributed by atoms with van der Waals surface area (Å²) in [5.41, 5.74) is 2.44. The van der Waals surface area contributed by atoms with E-state index < -0.39 is 0 Å². The highest BCUT2D eigenvalue weighted by Gasteiger charge is 2.31. The van der Waals surface area contributed by atoms with E-state index in [2.05, 4.69) is 36.2 Å². The average Bonchev–Trinajstić information content (AvgIpc) is 2.87. The molecule has 0 aliphatic heterocycles. The Morgan fingerprint density at radius 2 is 2.00 bits per heavy atom. The lowest BCUT2D eigenvalue weighted by atomic mass is 9.72. The molecule has 1 aliphatic carbocycles. The molecule has 0 radical (unpaired) electrons. The monoisotopic (exact) mass is 286 g/mol. The third kappa shape index (κ3) is 2.95. The van der Waals surface area contributed by atoms with Gasteiger partial charge in [0.15, 0.2) is 0 Å². The summed E-state index contributed by atoms with van der Waals surface area (Å²) in [4.78, 5) is 4.27. The fourth-order valence-corrected chi connectivity index (χ4v) is 4.12. The molecule has 3 rings (SSSR count). The third-order valence-electron chi connectivity index (χ3n) is 4.80. The lowest BCUT2D eigenvalue weighted by molar-refractivity contribution is 0.178. The predicted molar refractivity (Wildman–Crippen MR) is 85.1 cm³/mol. The minimum atomic E-state index is 0.391. The number of nitrogens with zero attached hydrogens (tertiary/aromatic N) is 3. The van der Waals surface area contributed by atoms with Crippen LogP contribution in [0.25, 0.3) is 5.52 Å². The molecule has 1 aliphatic rings. The first-order valence-corrected chi connectivity index (χ1v) is 8.19. The van der Waals surface area contributed by atoms with Gasteiger partial charge in [-0.2, -0.15) is 5.10 Å².